The number of aliphatic hydroxyl groups excluding tert-OH is 8. The fourth-order valence-corrected chi connectivity index (χ4v) is 2.96. The molecule has 0 unspecified atom stereocenters. The second-order valence-electron chi connectivity index (χ2n) is 7.52. The maximum Gasteiger partial charge on any atom is 0.345 e. The van der Waals surface area contributed by atoms with Gasteiger partial charge < -0.3 is 65.5 Å². The molecular weight excluding hydrogens is 474 g/mol. The SMILES string of the molecule is N[C@@H](CCC(=O)OC(=O)[C@H]1O[C@@H](O)[C@H](O)[C@@H](O)[C@@H]1O)C(=O)OC(=O)[C@H]1O[C@@H](O)[C@H](O)[C@@H](O)[C@@H]1O. The molecule has 10 N–H and O–H groups in total. The van der Waals surface area contributed by atoms with Crippen molar-refractivity contribution in [2.24, 2.45) is 5.73 Å². The minimum atomic E-state index is -2.07. The monoisotopic (exact) mass is 499 g/mol. The molecule has 0 saturated carbocycles. The lowest BCUT2D eigenvalue weighted by Gasteiger charge is -2.36. The molecule has 0 aliphatic carbocycles. The van der Waals surface area contributed by atoms with Gasteiger partial charge in [0.05, 0.1) is 0 Å². The van der Waals surface area contributed by atoms with Gasteiger partial charge in [0.15, 0.2) is 24.8 Å². The molecule has 2 rings (SSSR count). The van der Waals surface area contributed by atoms with E-state index in [0.717, 1.165) is 0 Å². The molecule has 0 aromatic heterocycles. The average Bonchev–Trinajstić information content (AvgIpc) is 2.78. The zero-order valence-corrected chi connectivity index (χ0v) is 17.2. The Balaban J connectivity index is 1.82. The van der Waals surface area contributed by atoms with Crippen molar-refractivity contribution in [3.63, 3.8) is 0 Å². The molecule has 2 aliphatic rings. The molecule has 0 spiro atoms. The Labute approximate surface area is 189 Å². The van der Waals surface area contributed by atoms with E-state index in [4.69, 9.17) is 5.73 Å². The van der Waals surface area contributed by atoms with E-state index >= 15 is 0 Å². The average molecular weight is 499 g/mol. The highest BCUT2D eigenvalue weighted by Crippen LogP contribution is 2.22. The van der Waals surface area contributed by atoms with E-state index in [-0.39, 0.29) is 0 Å². The maximum absolute atomic E-state index is 12.0. The number of hydrogen-bond donors (Lipinski definition) is 9. The van der Waals surface area contributed by atoms with E-state index in [9.17, 15) is 60.0 Å². The van der Waals surface area contributed by atoms with Gasteiger partial charge in [-0.25, -0.2) is 14.4 Å². The Kier molecular flexibility index (Phi) is 9.51. The number of carbonyl (C=O) groups excluding carboxylic acids is 4. The highest BCUT2D eigenvalue weighted by atomic mass is 16.7. The van der Waals surface area contributed by atoms with Crippen molar-refractivity contribution in [2.75, 3.05) is 0 Å². The lowest BCUT2D eigenvalue weighted by molar-refractivity contribution is -0.280. The minimum Gasteiger partial charge on any atom is -0.391 e. The first-order valence-electron chi connectivity index (χ1n) is 9.77. The number of rotatable bonds is 6. The molecule has 2 aliphatic heterocycles. The van der Waals surface area contributed by atoms with Crippen LogP contribution in [-0.4, -0.2) is 132 Å². The van der Waals surface area contributed by atoms with Crippen molar-refractivity contribution in [1.82, 2.24) is 0 Å². The van der Waals surface area contributed by atoms with E-state index in [1.807, 2.05) is 0 Å². The van der Waals surface area contributed by atoms with E-state index in [2.05, 4.69) is 18.9 Å². The lowest BCUT2D eigenvalue weighted by atomic mass is 9.99. The molecule has 0 aromatic rings. The summed E-state index contributed by atoms with van der Waals surface area (Å²) in [4.78, 5) is 47.6. The number of esters is 4. The van der Waals surface area contributed by atoms with Gasteiger partial charge in [-0.2, -0.15) is 0 Å². The van der Waals surface area contributed by atoms with Crippen LogP contribution in [0, 0.1) is 0 Å². The molecule has 17 heteroatoms. The zero-order valence-electron chi connectivity index (χ0n) is 17.2. The molecule has 34 heavy (non-hydrogen) atoms. The van der Waals surface area contributed by atoms with Gasteiger partial charge in [0.25, 0.3) is 0 Å². The smallest absolute Gasteiger partial charge is 0.345 e. The normalized spacial score (nSPS) is 39.1. The van der Waals surface area contributed by atoms with Crippen molar-refractivity contribution in [3.05, 3.63) is 0 Å². The van der Waals surface area contributed by atoms with Crippen molar-refractivity contribution < 1.29 is 79.0 Å². The van der Waals surface area contributed by atoms with Crippen molar-refractivity contribution in [2.45, 2.75) is 80.3 Å². The molecule has 2 fully saturated rings. The van der Waals surface area contributed by atoms with E-state index in [0.29, 0.717) is 0 Å². The molecule has 17 nitrogen and oxygen atoms in total. The summed E-state index contributed by atoms with van der Waals surface area (Å²) in [6.45, 7) is 0. The minimum absolute atomic E-state index is 0.533. The van der Waals surface area contributed by atoms with E-state index in [1.54, 1.807) is 0 Å². The van der Waals surface area contributed by atoms with Crippen LogP contribution in [0.1, 0.15) is 12.8 Å². The van der Waals surface area contributed by atoms with Crippen molar-refractivity contribution in [3.8, 4) is 0 Å². The van der Waals surface area contributed by atoms with Crippen LogP contribution in [0.4, 0.5) is 0 Å². The van der Waals surface area contributed by atoms with Crippen molar-refractivity contribution in [1.29, 1.82) is 0 Å². The van der Waals surface area contributed by atoms with Crippen LogP contribution < -0.4 is 5.73 Å². The third-order valence-electron chi connectivity index (χ3n) is 5.02. The fourth-order valence-electron chi connectivity index (χ4n) is 2.96. The first-order chi connectivity index (χ1) is 15.8. The molecule has 194 valence electrons. The number of carbonyl (C=O) groups is 4. The Bertz CT molecular complexity index is 777. The Morgan fingerprint density at radius 1 is 0.676 bits per heavy atom. The standard InChI is InChI=1S/C17H25NO16/c18-3(13(26)34-17(30)12-8(23)6(21)10(25)15(28)33-12)1-2-4(19)31-16(29)11-7(22)5(20)9(24)14(27)32-11/h3,5-12,14-15,20-25,27-28H,1-2,18H2/t3-,5-,6-,7-,8-,9+,10+,11-,12-,14+,15+/m0/s1. The largest absolute Gasteiger partial charge is 0.391 e. The Morgan fingerprint density at radius 2 is 1.09 bits per heavy atom. The van der Waals surface area contributed by atoms with Crippen molar-refractivity contribution >= 4 is 23.9 Å². The first kappa shape index (κ1) is 28.1. The van der Waals surface area contributed by atoms with Crippen LogP contribution in [0.3, 0.4) is 0 Å². The highest BCUT2D eigenvalue weighted by molar-refractivity contribution is 5.91. The molecule has 0 radical (unpaired) electrons. The number of aliphatic hydroxyl groups is 8. The van der Waals surface area contributed by atoms with Crippen LogP contribution in [0.5, 0.6) is 0 Å². The molecule has 11 atom stereocenters. The van der Waals surface area contributed by atoms with E-state index < -0.39 is 104 Å². The Hall–Kier alpha value is -2.16. The van der Waals surface area contributed by atoms with Crippen LogP contribution >= 0.6 is 0 Å². The quantitative estimate of drug-likeness (QED) is 0.121. The second kappa shape index (κ2) is 11.5. The summed E-state index contributed by atoms with van der Waals surface area (Å²) in [7, 11) is 0. The number of ether oxygens (including phenoxy) is 4. The lowest BCUT2D eigenvalue weighted by Crippen LogP contribution is -2.60. The van der Waals surface area contributed by atoms with Gasteiger partial charge in [-0.1, -0.05) is 0 Å². The topological polar surface area (TPSA) is 293 Å². The van der Waals surface area contributed by atoms with Crippen LogP contribution in [-0.2, 0) is 38.1 Å². The van der Waals surface area contributed by atoms with Gasteiger partial charge in [0.1, 0.15) is 42.7 Å². The van der Waals surface area contributed by atoms with Gasteiger partial charge in [-0.15, -0.1) is 0 Å². The zero-order chi connectivity index (χ0) is 25.9. The third kappa shape index (κ3) is 6.29. The maximum atomic E-state index is 12.0. The number of nitrogens with two attached hydrogens (primary N) is 1. The summed E-state index contributed by atoms with van der Waals surface area (Å²) < 4.78 is 17.9. The summed E-state index contributed by atoms with van der Waals surface area (Å²) >= 11 is 0. The van der Waals surface area contributed by atoms with Gasteiger partial charge in [0.2, 0.25) is 0 Å². The third-order valence-corrected chi connectivity index (χ3v) is 5.02. The molecule has 0 aromatic carbocycles. The molecule has 0 bridgehead atoms. The molecule has 2 saturated heterocycles. The molecule has 0 amide bonds. The second-order valence-corrected chi connectivity index (χ2v) is 7.52. The van der Waals surface area contributed by atoms with E-state index in [1.165, 1.54) is 0 Å². The predicted octanol–water partition coefficient (Wildman–Crippen LogP) is -7.17. The van der Waals surface area contributed by atoms with Crippen LogP contribution in [0.2, 0.25) is 0 Å². The summed E-state index contributed by atoms with van der Waals surface area (Å²) in [5.74, 6) is -5.77. The number of hydrogen-bond acceptors (Lipinski definition) is 17. The fraction of sp³-hybridized carbons (Fsp3) is 0.765. The van der Waals surface area contributed by atoms with Gasteiger partial charge in [0, 0.05) is 6.42 Å². The van der Waals surface area contributed by atoms with Gasteiger partial charge in [-0.3, -0.25) is 4.79 Å². The Morgan fingerprint density at radius 3 is 1.53 bits per heavy atom. The van der Waals surface area contributed by atoms with Gasteiger partial charge in [-0.05, 0) is 6.42 Å². The van der Waals surface area contributed by atoms with Crippen LogP contribution in [0.25, 0.3) is 0 Å². The summed E-state index contributed by atoms with van der Waals surface area (Å²) in [6.07, 6.45) is -21.3. The molecular formula is C17H25NO16. The summed E-state index contributed by atoms with van der Waals surface area (Å²) in [5, 5.41) is 76.0. The highest BCUT2D eigenvalue weighted by Gasteiger charge is 2.48. The summed E-state index contributed by atoms with van der Waals surface area (Å²) in [5.41, 5.74) is 5.48. The van der Waals surface area contributed by atoms with Crippen LogP contribution in [0.15, 0.2) is 0 Å². The predicted molar refractivity (Wildman–Crippen MR) is 97.2 cm³/mol. The first-order valence-corrected chi connectivity index (χ1v) is 9.77. The van der Waals surface area contributed by atoms with Gasteiger partial charge >= 0.3 is 23.9 Å². The molecule has 2 heterocycles. The summed E-state index contributed by atoms with van der Waals surface area (Å²) in [6, 6.07) is -1.64.